The molecule has 0 amide bonds. The van der Waals surface area contributed by atoms with Gasteiger partial charge in [-0.05, 0) is 23.7 Å². The fourth-order valence-electron chi connectivity index (χ4n) is 0.292. The largest absolute Gasteiger partial charge is 0.396 e. The molecule has 0 aromatic carbocycles. The van der Waals surface area contributed by atoms with Crippen LogP contribution in [0.5, 0.6) is 0 Å². The van der Waals surface area contributed by atoms with Crippen molar-refractivity contribution in [3.63, 3.8) is 0 Å². The highest BCUT2D eigenvalue weighted by atomic mass is 32.2. The summed E-state index contributed by atoms with van der Waals surface area (Å²) >= 11 is 1.49. The lowest BCUT2D eigenvalue weighted by atomic mass is 10.3. The SMILES string of the molecule is C=CSC=C.OCCCCO. The molecule has 0 aliphatic heterocycles. The Morgan fingerprint density at radius 3 is 1.45 bits per heavy atom. The van der Waals surface area contributed by atoms with Crippen molar-refractivity contribution in [2.45, 2.75) is 12.8 Å². The molecule has 2 nitrogen and oxygen atoms in total. The minimum atomic E-state index is 0.195. The topological polar surface area (TPSA) is 40.5 Å². The van der Waals surface area contributed by atoms with Crippen molar-refractivity contribution >= 4 is 11.8 Å². The molecule has 2 N–H and O–H groups in total. The van der Waals surface area contributed by atoms with Crippen molar-refractivity contribution in [3.05, 3.63) is 24.0 Å². The highest BCUT2D eigenvalue weighted by Gasteiger charge is 1.77. The van der Waals surface area contributed by atoms with Crippen molar-refractivity contribution in [2.75, 3.05) is 13.2 Å². The minimum Gasteiger partial charge on any atom is -0.396 e. The number of unbranched alkanes of at least 4 members (excludes halogenated alkanes) is 1. The second-order valence-electron chi connectivity index (χ2n) is 1.62. The minimum absolute atomic E-state index is 0.195. The Balaban J connectivity index is 0. The summed E-state index contributed by atoms with van der Waals surface area (Å²) in [5.41, 5.74) is 0. The summed E-state index contributed by atoms with van der Waals surface area (Å²) in [4.78, 5) is 0. The Hall–Kier alpha value is -0.250. The maximum absolute atomic E-state index is 8.09. The quantitative estimate of drug-likeness (QED) is 0.627. The molecule has 0 radical (unpaired) electrons. The summed E-state index contributed by atoms with van der Waals surface area (Å²) in [5, 5.41) is 19.6. The van der Waals surface area contributed by atoms with Gasteiger partial charge in [-0.15, -0.1) is 11.8 Å². The van der Waals surface area contributed by atoms with Crippen molar-refractivity contribution in [1.82, 2.24) is 0 Å². The van der Waals surface area contributed by atoms with Gasteiger partial charge < -0.3 is 10.2 Å². The molecule has 0 aliphatic carbocycles. The van der Waals surface area contributed by atoms with Gasteiger partial charge in [-0.1, -0.05) is 13.2 Å². The first-order valence-corrected chi connectivity index (χ1v) is 4.36. The summed E-state index contributed by atoms with van der Waals surface area (Å²) in [7, 11) is 0. The van der Waals surface area contributed by atoms with Crippen LogP contribution in [0, 0.1) is 0 Å². The van der Waals surface area contributed by atoms with Crippen molar-refractivity contribution in [3.8, 4) is 0 Å². The highest BCUT2D eigenvalue weighted by Crippen LogP contribution is 1.96. The van der Waals surface area contributed by atoms with E-state index >= 15 is 0 Å². The van der Waals surface area contributed by atoms with Gasteiger partial charge in [0.2, 0.25) is 0 Å². The first-order chi connectivity index (χ1) is 5.33. The van der Waals surface area contributed by atoms with E-state index in [1.165, 1.54) is 11.8 Å². The smallest absolute Gasteiger partial charge is 0.0431 e. The van der Waals surface area contributed by atoms with Gasteiger partial charge in [0.05, 0.1) is 0 Å². The number of thioether (sulfide) groups is 1. The van der Waals surface area contributed by atoms with Gasteiger partial charge in [0, 0.05) is 13.2 Å². The van der Waals surface area contributed by atoms with E-state index in [4.69, 9.17) is 10.2 Å². The molecule has 0 aliphatic rings. The molecule has 0 atom stereocenters. The Kier molecular flexibility index (Phi) is 19.9. The maximum atomic E-state index is 8.09. The first kappa shape index (κ1) is 13.3. The van der Waals surface area contributed by atoms with Crippen LogP contribution in [0.25, 0.3) is 0 Å². The lowest BCUT2D eigenvalue weighted by Gasteiger charge is -1.85. The van der Waals surface area contributed by atoms with Crippen LogP contribution in [-0.2, 0) is 0 Å². The second-order valence-corrected chi connectivity index (χ2v) is 2.56. The van der Waals surface area contributed by atoms with Crippen LogP contribution < -0.4 is 0 Å². The third kappa shape index (κ3) is 26.0. The van der Waals surface area contributed by atoms with Gasteiger partial charge >= 0.3 is 0 Å². The molecule has 0 spiro atoms. The van der Waals surface area contributed by atoms with Gasteiger partial charge in [0.15, 0.2) is 0 Å². The van der Waals surface area contributed by atoms with Crippen LogP contribution in [0.3, 0.4) is 0 Å². The molecule has 0 aromatic rings. The number of aliphatic hydroxyl groups excluding tert-OH is 2. The maximum Gasteiger partial charge on any atom is 0.0431 e. The van der Waals surface area contributed by atoms with E-state index in [9.17, 15) is 0 Å². The third-order valence-corrected chi connectivity index (χ3v) is 1.14. The predicted octanol–water partition coefficient (Wildman–Crippen LogP) is 1.76. The second kappa shape index (κ2) is 16.4. The van der Waals surface area contributed by atoms with Gasteiger partial charge in [0.25, 0.3) is 0 Å². The van der Waals surface area contributed by atoms with Gasteiger partial charge in [0.1, 0.15) is 0 Å². The Morgan fingerprint density at radius 1 is 1.00 bits per heavy atom. The normalized spacial score (nSPS) is 7.82. The van der Waals surface area contributed by atoms with E-state index in [1.54, 1.807) is 10.8 Å². The molecular formula is C8H16O2S. The number of rotatable bonds is 5. The van der Waals surface area contributed by atoms with Crippen molar-refractivity contribution in [2.24, 2.45) is 0 Å². The Morgan fingerprint density at radius 2 is 1.36 bits per heavy atom. The van der Waals surface area contributed by atoms with Gasteiger partial charge in [-0.2, -0.15) is 0 Å². The van der Waals surface area contributed by atoms with Crippen LogP contribution in [0.15, 0.2) is 24.0 Å². The number of hydrogen-bond acceptors (Lipinski definition) is 3. The van der Waals surface area contributed by atoms with Crippen molar-refractivity contribution < 1.29 is 10.2 Å². The molecule has 0 saturated heterocycles. The summed E-state index contributed by atoms with van der Waals surface area (Å²) in [6, 6.07) is 0. The predicted molar refractivity (Wildman–Crippen MR) is 51.4 cm³/mol. The third-order valence-electron chi connectivity index (χ3n) is 0.759. The molecule has 0 unspecified atom stereocenters. The lowest BCUT2D eigenvalue weighted by molar-refractivity contribution is 0.242. The summed E-state index contributed by atoms with van der Waals surface area (Å²) in [6.07, 6.45) is 1.44. The van der Waals surface area contributed by atoms with Gasteiger partial charge in [-0.25, -0.2) is 0 Å². The molecule has 0 fully saturated rings. The Labute approximate surface area is 72.6 Å². The van der Waals surface area contributed by atoms with Crippen LogP contribution in [0.1, 0.15) is 12.8 Å². The average Bonchev–Trinajstić information content (AvgIpc) is 2.04. The zero-order chi connectivity index (χ0) is 8.95. The molecule has 0 bridgehead atoms. The standard InChI is InChI=1S/C4H10O2.C4H6S/c5-3-1-2-4-6;1-3-5-4-2/h5-6H,1-4H2;3-4H,1-2H2. The van der Waals surface area contributed by atoms with Crippen LogP contribution in [-0.4, -0.2) is 23.4 Å². The van der Waals surface area contributed by atoms with Gasteiger partial charge in [-0.3, -0.25) is 0 Å². The monoisotopic (exact) mass is 176 g/mol. The van der Waals surface area contributed by atoms with E-state index in [1.807, 2.05) is 0 Å². The molecule has 0 heterocycles. The van der Waals surface area contributed by atoms with Crippen molar-refractivity contribution in [1.29, 1.82) is 0 Å². The molecule has 0 aromatic heterocycles. The molecule has 0 saturated carbocycles. The molecule has 66 valence electrons. The van der Waals surface area contributed by atoms with E-state index in [0.29, 0.717) is 0 Å². The summed E-state index contributed by atoms with van der Waals surface area (Å²) < 4.78 is 0. The molecule has 0 rings (SSSR count). The summed E-state index contributed by atoms with van der Waals surface area (Å²) in [6.45, 7) is 7.27. The summed E-state index contributed by atoms with van der Waals surface area (Å²) in [5.74, 6) is 0. The van der Waals surface area contributed by atoms with Crippen LogP contribution >= 0.6 is 11.8 Å². The lowest BCUT2D eigenvalue weighted by Crippen LogP contribution is -1.85. The molecular weight excluding hydrogens is 160 g/mol. The van der Waals surface area contributed by atoms with E-state index in [0.717, 1.165) is 12.8 Å². The average molecular weight is 176 g/mol. The van der Waals surface area contributed by atoms with E-state index in [2.05, 4.69) is 13.2 Å². The van der Waals surface area contributed by atoms with E-state index < -0.39 is 0 Å². The Bertz CT molecular complexity index is 74.2. The fraction of sp³-hybridized carbons (Fsp3) is 0.500. The number of hydrogen-bond donors (Lipinski definition) is 2. The van der Waals surface area contributed by atoms with Crippen LogP contribution in [0.4, 0.5) is 0 Å². The highest BCUT2D eigenvalue weighted by molar-refractivity contribution is 8.04. The molecule has 3 heteroatoms. The zero-order valence-corrected chi connectivity index (χ0v) is 7.52. The molecule has 11 heavy (non-hydrogen) atoms. The van der Waals surface area contributed by atoms with Crippen LogP contribution in [0.2, 0.25) is 0 Å². The first-order valence-electron chi connectivity index (χ1n) is 3.42. The van der Waals surface area contributed by atoms with E-state index in [-0.39, 0.29) is 13.2 Å². The zero-order valence-electron chi connectivity index (χ0n) is 6.70. The number of aliphatic hydroxyl groups is 2. The fourth-order valence-corrected chi connectivity index (χ4v) is 0.428.